The molecule has 3 aromatic rings. The predicted molar refractivity (Wildman–Crippen MR) is 121 cm³/mol. The molecule has 1 unspecified atom stereocenters. The molecule has 8 nitrogen and oxygen atoms in total. The first-order valence-corrected chi connectivity index (χ1v) is 10.9. The standard InChI is InChI=1S/C24H23F3N4O4/c1-14-4-3-11-31(13-14)23-30-20(24(25,26)27)19(35-23)21(32)29-17-8-5-15(6-9-17)16-7-10-18(28-12-16)22(33)34-2/h5-10,12,14H,3-4,11,13H2,1-2H3,(H,29,32). The number of alkyl halides is 3. The van der Waals surface area contributed by atoms with E-state index in [2.05, 4.69) is 20.0 Å². The van der Waals surface area contributed by atoms with Gasteiger partial charge in [-0.1, -0.05) is 25.1 Å². The zero-order chi connectivity index (χ0) is 25.2. The van der Waals surface area contributed by atoms with E-state index in [1.54, 1.807) is 23.1 Å². The number of esters is 1. The molecule has 1 atom stereocenters. The summed E-state index contributed by atoms with van der Waals surface area (Å²) in [5.41, 5.74) is 0.507. The Balaban J connectivity index is 1.51. The van der Waals surface area contributed by atoms with Gasteiger partial charge in [-0.3, -0.25) is 4.79 Å². The largest absolute Gasteiger partial charge is 0.464 e. The second-order valence-corrected chi connectivity index (χ2v) is 8.32. The summed E-state index contributed by atoms with van der Waals surface area (Å²) in [5.74, 6) is -2.19. The van der Waals surface area contributed by atoms with E-state index in [0.29, 0.717) is 18.7 Å². The molecule has 0 radical (unpaired) electrons. The number of halogens is 3. The predicted octanol–water partition coefficient (Wildman–Crippen LogP) is 5.03. The quantitative estimate of drug-likeness (QED) is 0.503. The number of rotatable bonds is 5. The Kier molecular flexibility index (Phi) is 6.77. The number of nitrogens with zero attached hydrogens (tertiary/aromatic N) is 3. The third-order valence-corrected chi connectivity index (χ3v) is 5.65. The topological polar surface area (TPSA) is 97.6 Å². The Morgan fingerprint density at radius 3 is 2.46 bits per heavy atom. The average molecular weight is 488 g/mol. The molecule has 35 heavy (non-hydrogen) atoms. The van der Waals surface area contributed by atoms with Crippen LogP contribution in [0.25, 0.3) is 11.1 Å². The van der Waals surface area contributed by atoms with Crippen molar-refractivity contribution in [3.05, 3.63) is 59.7 Å². The maximum absolute atomic E-state index is 13.6. The Morgan fingerprint density at radius 2 is 1.86 bits per heavy atom. The molecular formula is C24H23F3N4O4. The minimum atomic E-state index is -4.84. The molecule has 184 valence electrons. The highest BCUT2D eigenvalue weighted by Gasteiger charge is 2.42. The highest BCUT2D eigenvalue weighted by molar-refractivity contribution is 6.03. The van der Waals surface area contributed by atoms with Crippen molar-refractivity contribution in [1.82, 2.24) is 9.97 Å². The molecule has 0 spiro atoms. The number of nitrogens with one attached hydrogen (secondary N) is 1. The lowest BCUT2D eigenvalue weighted by atomic mass is 10.0. The van der Waals surface area contributed by atoms with E-state index in [9.17, 15) is 22.8 Å². The van der Waals surface area contributed by atoms with E-state index in [1.807, 2.05) is 6.92 Å². The lowest BCUT2D eigenvalue weighted by Gasteiger charge is -2.29. The van der Waals surface area contributed by atoms with Crippen LogP contribution in [0, 0.1) is 5.92 Å². The van der Waals surface area contributed by atoms with Gasteiger partial charge in [0.15, 0.2) is 5.69 Å². The molecule has 3 heterocycles. The lowest BCUT2D eigenvalue weighted by Crippen LogP contribution is -2.34. The molecule has 2 aromatic heterocycles. The molecule has 1 aliphatic rings. The molecule has 1 aliphatic heterocycles. The van der Waals surface area contributed by atoms with Crippen LogP contribution in [0.2, 0.25) is 0 Å². The molecule has 1 amide bonds. The molecule has 1 N–H and O–H groups in total. The Labute approximate surface area is 199 Å². The monoisotopic (exact) mass is 488 g/mol. The molecular weight excluding hydrogens is 465 g/mol. The van der Waals surface area contributed by atoms with Crippen molar-refractivity contribution in [1.29, 1.82) is 0 Å². The fourth-order valence-electron chi connectivity index (χ4n) is 3.88. The van der Waals surface area contributed by atoms with Crippen LogP contribution in [0.15, 0.2) is 47.0 Å². The van der Waals surface area contributed by atoms with Crippen LogP contribution < -0.4 is 10.2 Å². The summed E-state index contributed by atoms with van der Waals surface area (Å²) in [6.45, 7) is 3.02. The Morgan fingerprint density at radius 1 is 1.14 bits per heavy atom. The number of piperidine rings is 1. The van der Waals surface area contributed by atoms with Gasteiger partial charge in [-0.2, -0.15) is 18.2 Å². The SMILES string of the molecule is COC(=O)c1ccc(-c2ccc(NC(=O)c3oc(N4CCCC(C)C4)nc3C(F)(F)F)cc2)cn1. The van der Waals surface area contributed by atoms with Gasteiger partial charge in [0.2, 0.25) is 5.76 Å². The summed E-state index contributed by atoms with van der Waals surface area (Å²) in [7, 11) is 1.26. The van der Waals surface area contributed by atoms with Gasteiger partial charge in [0.25, 0.3) is 11.9 Å². The summed E-state index contributed by atoms with van der Waals surface area (Å²) < 4.78 is 50.7. The van der Waals surface area contributed by atoms with Gasteiger partial charge in [0.1, 0.15) is 5.69 Å². The van der Waals surface area contributed by atoms with Crippen LogP contribution >= 0.6 is 0 Å². The molecule has 1 saturated heterocycles. The number of oxazole rings is 1. The second kappa shape index (κ2) is 9.77. The van der Waals surface area contributed by atoms with Crippen molar-refractivity contribution < 1.29 is 31.9 Å². The van der Waals surface area contributed by atoms with Crippen LogP contribution in [-0.4, -0.2) is 42.0 Å². The molecule has 1 aromatic carbocycles. The highest BCUT2D eigenvalue weighted by Crippen LogP contribution is 2.35. The zero-order valence-corrected chi connectivity index (χ0v) is 19.1. The molecule has 1 fully saturated rings. The first kappa shape index (κ1) is 24.2. The van der Waals surface area contributed by atoms with Gasteiger partial charge in [-0.05, 0) is 42.5 Å². The average Bonchev–Trinajstić information content (AvgIpc) is 3.31. The van der Waals surface area contributed by atoms with Crippen molar-refractivity contribution in [2.24, 2.45) is 5.92 Å². The van der Waals surface area contributed by atoms with Gasteiger partial charge < -0.3 is 19.4 Å². The van der Waals surface area contributed by atoms with Crippen LogP contribution in [0.3, 0.4) is 0 Å². The first-order chi connectivity index (χ1) is 16.7. The smallest absolute Gasteiger partial charge is 0.437 e. The Bertz CT molecular complexity index is 1210. The van der Waals surface area contributed by atoms with Crippen LogP contribution in [0.4, 0.5) is 24.9 Å². The number of ether oxygens (including phenoxy) is 1. The fraction of sp³-hybridized carbons (Fsp3) is 0.333. The van der Waals surface area contributed by atoms with Gasteiger partial charge in [-0.15, -0.1) is 0 Å². The van der Waals surface area contributed by atoms with E-state index >= 15 is 0 Å². The maximum Gasteiger partial charge on any atom is 0.437 e. The molecule has 0 saturated carbocycles. The van der Waals surface area contributed by atoms with E-state index in [4.69, 9.17) is 4.42 Å². The van der Waals surface area contributed by atoms with Crippen molar-refractivity contribution in [2.45, 2.75) is 25.9 Å². The van der Waals surface area contributed by atoms with Crippen molar-refractivity contribution in [2.75, 3.05) is 30.4 Å². The molecule has 11 heteroatoms. The van der Waals surface area contributed by atoms with Gasteiger partial charge in [-0.25, -0.2) is 9.78 Å². The maximum atomic E-state index is 13.6. The minimum Gasteiger partial charge on any atom is -0.464 e. The summed E-state index contributed by atoms with van der Waals surface area (Å²) in [5, 5.41) is 2.44. The van der Waals surface area contributed by atoms with Crippen LogP contribution in [0.5, 0.6) is 0 Å². The second-order valence-electron chi connectivity index (χ2n) is 8.32. The lowest BCUT2D eigenvalue weighted by molar-refractivity contribution is -0.141. The van der Waals surface area contributed by atoms with Crippen molar-refractivity contribution in [3.63, 3.8) is 0 Å². The summed E-state index contributed by atoms with van der Waals surface area (Å²) in [4.78, 5) is 33.5. The number of carbonyl (C=O) groups is 2. The van der Waals surface area contributed by atoms with Gasteiger partial charge in [0, 0.05) is 30.5 Å². The minimum absolute atomic E-state index is 0.158. The summed E-state index contributed by atoms with van der Waals surface area (Å²) in [6.07, 6.45) is -1.58. The van der Waals surface area contributed by atoms with Crippen molar-refractivity contribution >= 4 is 23.6 Å². The number of benzene rings is 1. The highest BCUT2D eigenvalue weighted by atomic mass is 19.4. The van der Waals surface area contributed by atoms with E-state index in [1.165, 1.54) is 31.5 Å². The summed E-state index contributed by atoms with van der Waals surface area (Å²) >= 11 is 0. The number of amides is 1. The van der Waals surface area contributed by atoms with E-state index in [-0.39, 0.29) is 23.3 Å². The van der Waals surface area contributed by atoms with Crippen LogP contribution in [-0.2, 0) is 10.9 Å². The molecule has 4 rings (SSSR count). The Hall–Kier alpha value is -3.89. The van der Waals surface area contributed by atoms with E-state index < -0.39 is 29.5 Å². The molecule has 0 bridgehead atoms. The van der Waals surface area contributed by atoms with Gasteiger partial charge in [0.05, 0.1) is 7.11 Å². The normalized spacial score (nSPS) is 16.1. The number of pyridine rings is 1. The number of hydrogen-bond acceptors (Lipinski definition) is 7. The first-order valence-electron chi connectivity index (χ1n) is 10.9. The van der Waals surface area contributed by atoms with E-state index in [0.717, 1.165) is 18.4 Å². The number of anilines is 2. The van der Waals surface area contributed by atoms with Crippen molar-refractivity contribution in [3.8, 4) is 11.1 Å². The fourth-order valence-corrected chi connectivity index (χ4v) is 3.88. The third-order valence-electron chi connectivity index (χ3n) is 5.65. The number of methoxy groups -OCH3 is 1. The number of hydrogen-bond donors (Lipinski definition) is 1. The number of aromatic nitrogens is 2. The number of carbonyl (C=O) groups excluding carboxylic acids is 2. The van der Waals surface area contributed by atoms with Crippen LogP contribution in [0.1, 0.15) is 46.5 Å². The zero-order valence-electron chi connectivity index (χ0n) is 19.1. The molecule has 0 aliphatic carbocycles. The van der Waals surface area contributed by atoms with Gasteiger partial charge >= 0.3 is 12.1 Å². The third kappa shape index (κ3) is 5.44. The summed E-state index contributed by atoms with van der Waals surface area (Å²) in [6, 6.07) is 9.40.